The maximum absolute atomic E-state index is 9.74. The number of hydrogen-bond donors (Lipinski definition) is 1. The van der Waals surface area contributed by atoms with Gasteiger partial charge in [0.2, 0.25) is 0 Å². The van der Waals surface area contributed by atoms with E-state index < -0.39 is 6.10 Å². The van der Waals surface area contributed by atoms with E-state index in [1.165, 1.54) is 6.26 Å². The largest absolute Gasteiger partial charge is 0.476 e. The second-order valence-electron chi connectivity index (χ2n) is 3.11. The lowest BCUT2D eigenvalue weighted by Crippen LogP contribution is -1.95. The van der Waals surface area contributed by atoms with Crippen LogP contribution in [0.3, 0.4) is 0 Å². The Morgan fingerprint density at radius 1 is 1.33 bits per heavy atom. The molecule has 1 atom stereocenters. The molecule has 0 spiro atoms. The SMILES string of the molecule is COCO/C=C/CC(O)c1ccccc1. The van der Waals surface area contributed by atoms with Gasteiger partial charge in [0.25, 0.3) is 0 Å². The molecule has 1 aromatic rings. The average molecular weight is 208 g/mol. The zero-order valence-corrected chi connectivity index (χ0v) is 8.80. The van der Waals surface area contributed by atoms with Gasteiger partial charge in [-0.25, -0.2) is 0 Å². The van der Waals surface area contributed by atoms with Crippen molar-refractivity contribution in [3.63, 3.8) is 0 Å². The molecule has 0 aliphatic rings. The minimum atomic E-state index is -0.478. The summed E-state index contributed by atoms with van der Waals surface area (Å²) in [4.78, 5) is 0. The number of methoxy groups -OCH3 is 1. The molecule has 15 heavy (non-hydrogen) atoms. The van der Waals surface area contributed by atoms with Crippen LogP contribution >= 0.6 is 0 Å². The minimum absolute atomic E-state index is 0.234. The minimum Gasteiger partial charge on any atom is -0.476 e. The van der Waals surface area contributed by atoms with Crippen LogP contribution in [0, 0.1) is 0 Å². The van der Waals surface area contributed by atoms with Crippen molar-refractivity contribution in [3.05, 3.63) is 48.2 Å². The first-order valence-electron chi connectivity index (χ1n) is 4.83. The quantitative estimate of drug-likeness (QED) is 0.442. The van der Waals surface area contributed by atoms with Crippen molar-refractivity contribution >= 4 is 0 Å². The Morgan fingerprint density at radius 2 is 2.07 bits per heavy atom. The number of aliphatic hydroxyl groups is 1. The fourth-order valence-electron chi connectivity index (χ4n) is 1.17. The molecule has 0 aliphatic carbocycles. The smallest absolute Gasteiger partial charge is 0.187 e. The zero-order chi connectivity index (χ0) is 10.9. The first-order valence-corrected chi connectivity index (χ1v) is 4.83. The van der Waals surface area contributed by atoms with Crippen LogP contribution in [-0.2, 0) is 9.47 Å². The summed E-state index contributed by atoms with van der Waals surface area (Å²) < 4.78 is 9.65. The van der Waals surface area contributed by atoms with E-state index in [2.05, 4.69) is 0 Å². The van der Waals surface area contributed by atoms with Crippen LogP contribution in [0.4, 0.5) is 0 Å². The van der Waals surface area contributed by atoms with E-state index in [4.69, 9.17) is 9.47 Å². The highest BCUT2D eigenvalue weighted by Crippen LogP contribution is 2.15. The summed E-state index contributed by atoms with van der Waals surface area (Å²) in [6.07, 6.45) is 3.37. The molecule has 3 heteroatoms. The lowest BCUT2D eigenvalue weighted by Gasteiger charge is -2.07. The summed E-state index contributed by atoms with van der Waals surface area (Å²) in [6, 6.07) is 9.53. The molecule has 0 radical (unpaired) electrons. The molecule has 0 aromatic heterocycles. The van der Waals surface area contributed by atoms with E-state index in [-0.39, 0.29) is 6.79 Å². The van der Waals surface area contributed by atoms with E-state index in [1.54, 1.807) is 13.2 Å². The van der Waals surface area contributed by atoms with Gasteiger partial charge in [0.1, 0.15) is 0 Å². The monoisotopic (exact) mass is 208 g/mol. The molecule has 1 rings (SSSR count). The van der Waals surface area contributed by atoms with Crippen LogP contribution in [0.25, 0.3) is 0 Å². The van der Waals surface area contributed by atoms with Crippen molar-refractivity contribution < 1.29 is 14.6 Å². The summed E-state index contributed by atoms with van der Waals surface area (Å²) in [5, 5.41) is 9.74. The Labute approximate surface area is 90.0 Å². The van der Waals surface area contributed by atoms with Crippen molar-refractivity contribution in [2.24, 2.45) is 0 Å². The Kier molecular flexibility index (Phi) is 5.51. The lowest BCUT2D eigenvalue weighted by atomic mass is 10.1. The summed E-state index contributed by atoms with van der Waals surface area (Å²) in [5.74, 6) is 0. The van der Waals surface area contributed by atoms with Gasteiger partial charge >= 0.3 is 0 Å². The van der Waals surface area contributed by atoms with Crippen LogP contribution in [0.15, 0.2) is 42.7 Å². The normalized spacial score (nSPS) is 12.9. The highest BCUT2D eigenvalue weighted by atomic mass is 16.7. The van der Waals surface area contributed by atoms with Crippen LogP contribution in [0.2, 0.25) is 0 Å². The van der Waals surface area contributed by atoms with Gasteiger partial charge in [-0.05, 0) is 18.1 Å². The molecule has 0 fully saturated rings. The topological polar surface area (TPSA) is 38.7 Å². The first kappa shape index (κ1) is 11.8. The van der Waals surface area contributed by atoms with E-state index >= 15 is 0 Å². The number of benzene rings is 1. The molecule has 1 N–H and O–H groups in total. The van der Waals surface area contributed by atoms with Crippen LogP contribution in [-0.4, -0.2) is 19.0 Å². The van der Waals surface area contributed by atoms with E-state index in [1.807, 2.05) is 30.3 Å². The van der Waals surface area contributed by atoms with Gasteiger partial charge in [0, 0.05) is 7.11 Å². The van der Waals surface area contributed by atoms with Crippen molar-refractivity contribution in [2.45, 2.75) is 12.5 Å². The van der Waals surface area contributed by atoms with Crippen molar-refractivity contribution in [3.8, 4) is 0 Å². The van der Waals surface area contributed by atoms with E-state index in [9.17, 15) is 5.11 Å². The Hall–Kier alpha value is -1.32. The van der Waals surface area contributed by atoms with Gasteiger partial charge in [-0.3, -0.25) is 0 Å². The van der Waals surface area contributed by atoms with Crippen LogP contribution in [0.1, 0.15) is 18.1 Å². The molecule has 0 aliphatic heterocycles. The number of rotatable bonds is 6. The second kappa shape index (κ2) is 7.04. The third kappa shape index (κ3) is 4.63. The van der Waals surface area contributed by atoms with E-state index in [0.717, 1.165) is 5.56 Å². The molecule has 0 amide bonds. The summed E-state index contributed by atoms with van der Waals surface area (Å²) in [6.45, 7) is 0.234. The van der Waals surface area contributed by atoms with Crippen molar-refractivity contribution in [1.82, 2.24) is 0 Å². The molecule has 82 valence electrons. The maximum Gasteiger partial charge on any atom is 0.187 e. The van der Waals surface area contributed by atoms with Gasteiger partial charge in [-0.15, -0.1) is 0 Å². The molecule has 0 heterocycles. The predicted molar refractivity (Wildman–Crippen MR) is 58.1 cm³/mol. The zero-order valence-electron chi connectivity index (χ0n) is 8.80. The Balaban J connectivity index is 2.30. The molecule has 0 bridgehead atoms. The fourth-order valence-corrected chi connectivity index (χ4v) is 1.17. The first-order chi connectivity index (χ1) is 7.34. The number of ether oxygens (including phenoxy) is 2. The van der Waals surface area contributed by atoms with Crippen molar-refractivity contribution in [1.29, 1.82) is 0 Å². The Morgan fingerprint density at radius 3 is 2.73 bits per heavy atom. The van der Waals surface area contributed by atoms with Gasteiger partial charge < -0.3 is 14.6 Å². The summed E-state index contributed by atoms with van der Waals surface area (Å²) >= 11 is 0. The Bertz CT molecular complexity index is 282. The molecule has 1 unspecified atom stereocenters. The summed E-state index contributed by atoms with van der Waals surface area (Å²) in [7, 11) is 1.56. The molecule has 0 saturated carbocycles. The molecule has 0 saturated heterocycles. The third-order valence-corrected chi connectivity index (χ3v) is 1.92. The molecule has 3 nitrogen and oxygen atoms in total. The second-order valence-corrected chi connectivity index (χ2v) is 3.11. The third-order valence-electron chi connectivity index (χ3n) is 1.92. The molecule has 1 aromatic carbocycles. The average Bonchev–Trinajstić information content (AvgIpc) is 2.30. The number of aliphatic hydroxyl groups excluding tert-OH is 1. The summed E-state index contributed by atoms with van der Waals surface area (Å²) in [5.41, 5.74) is 0.911. The highest BCUT2D eigenvalue weighted by Gasteiger charge is 2.03. The van der Waals surface area contributed by atoms with Gasteiger partial charge in [-0.1, -0.05) is 30.3 Å². The molecular weight excluding hydrogens is 192 g/mol. The van der Waals surface area contributed by atoms with Crippen LogP contribution < -0.4 is 0 Å². The van der Waals surface area contributed by atoms with Gasteiger partial charge in [0.15, 0.2) is 6.79 Å². The van der Waals surface area contributed by atoms with Gasteiger partial charge in [-0.2, -0.15) is 0 Å². The molecular formula is C12H16O3. The predicted octanol–water partition coefficient (Wildman–Crippen LogP) is 2.24. The maximum atomic E-state index is 9.74. The van der Waals surface area contributed by atoms with E-state index in [0.29, 0.717) is 6.42 Å². The fraction of sp³-hybridized carbons (Fsp3) is 0.333. The van der Waals surface area contributed by atoms with Crippen molar-refractivity contribution in [2.75, 3.05) is 13.9 Å². The van der Waals surface area contributed by atoms with Crippen LogP contribution in [0.5, 0.6) is 0 Å². The van der Waals surface area contributed by atoms with Gasteiger partial charge in [0.05, 0.1) is 12.4 Å². The standard InChI is InChI=1S/C12H16O3/c1-14-10-15-9-5-8-12(13)11-6-3-2-4-7-11/h2-7,9,12-13H,8,10H2,1H3/b9-5+. The lowest BCUT2D eigenvalue weighted by molar-refractivity contribution is 0.0193. The highest BCUT2D eigenvalue weighted by molar-refractivity contribution is 5.17. The number of hydrogen-bond acceptors (Lipinski definition) is 3.